The summed E-state index contributed by atoms with van der Waals surface area (Å²) in [6, 6.07) is 16.1. The van der Waals surface area contributed by atoms with E-state index in [1.807, 2.05) is 6.07 Å². The molecule has 0 saturated heterocycles. The van der Waals surface area contributed by atoms with Crippen LogP contribution in [-0.4, -0.2) is 42.5 Å². The molecule has 0 atom stereocenters. The fourth-order valence-electron chi connectivity index (χ4n) is 2.36. The predicted octanol–water partition coefficient (Wildman–Crippen LogP) is 3.31. The van der Waals surface area contributed by atoms with Gasteiger partial charge in [0, 0.05) is 10.8 Å². The van der Waals surface area contributed by atoms with Crippen molar-refractivity contribution in [3.05, 3.63) is 60.2 Å². The number of fused-ring (bicyclic) bond motifs is 1. The fraction of sp³-hybridized carbons (Fsp3) is 0. The second-order valence-corrected chi connectivity index (χ2v) is 6.58. The number of hydrogen-bond acceptors (Lipinski definition) is 6. The van der Waals surface area contributed by atoms with Crippen molar-refractivity contribution in [2.75, 3.05) is 5.73 Å². The molecule has 3 aromatic carbocycles. The van der Waals surface area contributed by atoms with Crippen molar-refractivity contribution in [1.29, 1.82) is 5.26 Å². The summed E-state index contributed by atoms with van der Waals surface area (Å²) in [5.41, 5.74) is 7.40. The Morgan fingerprint density at radius 1 is 1.00 bits per heavy atom. The maximum atomic E-state index is 11.7. The average Bonchev–Trinajstić information content (AvgIpc) is 2.61. The number of hydrogen-bond donors (Lipinski definition) is 2. The number of nitrogens with two attached hydrogens (primary N) is 1. The Morgan fingerprint density at radius 3 is 2.19 bits per heavy atom. The van der Waals surface area contributed by atoms with Gasteiger partial charge in [-0.3, -0.25) is 4.55 Å². The molecule has 26 heavy (non-hydrogen) atoms. The second-order valence-electron chi connectivity index (χ2n) is 5.19. The first-order valence-electron chi connectivity index (χ1n) is 7.11. The molecule has 0 spiro atoms. The topological polar surface area (TPSA) is 129 Å². The van der Waals surface area contributed by atoms with Gasteiger partial charge in [-0.15, -0.1) is 5.11 Å². The third-order valence-electron chi connectivity index (χ3n) is 3.57. The van der Waals surface area contributed by atoms with E-state index in [0.717, 1.165) is 0 Å². The number of nitriles is 1. The zero-order chi connectivity index (χ0) is 18.0. The molecule has 0 unspecified atom stereocenters. The van der Waals surface area contributed by atoms with Gasteiger partial charge in [0.2, 0.25) is 0 Å². The Kier molecular flexibility index (Phi) is 6.13. The van der Waals surface area contributed by atoms with Gasteiger partial charge >= 0.3 is 29.6 Å². The van der Waals surface area contributed by atoms with Crippen molar-refractivity contribution in [3.63, 3.8) is 0 Å². The minimum atomic E-state index is -4.45. The first kappa shape index (κ1) is 20.0. The zero-order valence-corrected chi connectivity index (χ0v) is 13.6. The van der Waals surface area contributed by atoms with E-state index in [0.29, 0.717) is 22.0 Å². The molecule has 0 heterocycles. The summed E-state index contributed by atoms with van der Waals surface area (Å²) in [6.45, 7) is 0. The Morgan fingerprint density at radius 2 is 1.62 bits per heavy atom. The van der Waals surface area contributed by atoms with Crippen molar-refractivity contribution in [2.24, 2.45) is 10.2 Å². The maximum absolute atomic E-state index is 11.7. The van der Waals surface area contributed by atoms with E-state index >= 15 is 0 Å². The predicted molar refractivity (Wildman–Crippen MR) is 101 cm³/mol. The first-order valence-corrected chi connectivity index (χ1v) is 8.55. The molecule has 0 aromatic heterocycles. The average molecular weight is 376 g/mol. The monoisotopic (exact) mass is 376 g/mol. The van der Waals surface area contributed by atoms with Gasteiger partial charge in [0.25, 0.3) is 10.1 Å². The van der Waals surface area contributed by atoms with E-state index in [1.165, 1.54) is 6.07 Å². The van der Waals surface area contributed by atoms with Crippen LogP contribution >= 0.6 is 0 Å². The van der Waals surface area contributed by atoms with Gasteiger partial charge in [-0.05, 0) is 30.3 Å². The first-order chi connectivity index (χ1) is 11.9. The molecular weight excluding hydrogens is 363 g/mol. The van der Waals surface area contributed by atoms with Gasteiger partial charge in [0.05, 0.1) is 23.0 Å². The van der Waals surface area contributed by atoms with Crippen molar-refractivity contribution < 1.29 is 13.0 Å². The van der Waals surface area contributed by atoms with E-state index in [4.69, 9.17) is 11.0 Å². The Bertz CT molecular complexity index is 1140. The molecule has 9 heteroatoms. The molecule has 0 aliphatic heterocycles. The van der Waals surface area contributed by atoms with E-state index in [-0.39, 0.29) is 45.8 Å². The van der Waals surface area contributed by atoms with Gasteiger partial charge in [-0.1, -0.05) is 24.3 Å². The molecule has 3 rings (SSSR count). The third kappa shape index (κ3) is 4.09. The van der Waals surface area contributed by atoms with E-state index in [1.54, 1.807) is 48.5 Å². The molecule has 3 aromatic rings. The zero-order valence-electron chi connectivity index (χ0n) is 12.8. The van der Waals surface area contributed by atoms with Crippen molar-refractivity contribution in [1.82, 2.24) is 0 Å². The quantitative estimate of drug-likeness (QED) is 0.313. The minimum absolute atomic E-state index is 0. The van der Waals surface area contributed by atoms with Gasteiger partial charge in [0.1, 0.15) is 10.6 Å². The molecular formula is C17H13N4NaO3S. The second kappa shape index (κ2) is 7.95. The standard InChI is InChI=1S/C17H12N4O3S.Na.H/c18-10-11-5-7-12(8-6-11)20-21-15-9-16(25(22,23)24)13-3-1-2-4-14(13)17(15)19;;/h1-9H,19H2,(H,22,23,24);;. The molecule has 0 aliphatic carbocycles. The number of nitrogen functional groups attached to an aromatic ring is 1. The van der Waals surface area contributed by atoms with Crippen LogP contribution in [0.15, 0.2) is 69.7 Å². The van der Waals surface area contributed by atoms with Crippen LogP contribution in [0.2, 0.25) is 0 Å². The van der Waals surface area contributed by atoms with Gasteiger partial charge in [-0.25, -0.2) is 0 Å². The Labute approximate surface area is 172 Å². The third-order valence-corrected chi connectivity index (χ3v) is 4.47. The molecule has 3 N–H and O–H groups in total. The molecule has 0 saturated carbocycles. The number of anilines is 1. The summed E-state index contributed by atoms with van der Waals surface area (Å²) in [7, 11) is -4.45. The number of nitrogens with zero attached hydrogens (tertiary/aromatic N) is 3. The Hall–Kier alpha value is -2.28. The van der Waals surface area contributed by atoms with Crippen LogP contribution in [0.5, 0.6) is 0 Å². The number of benzene rings is 3. The molecule has 126 valence electrons. The number of azo groups is 1. The number of rotatable bonds is 3. The molecule has 0 radical (unpaired) electrons. The van der Waals surface area contributed by atoms with Crippen LogP contribution in [0.4, 0.5) is 17.1 Å². The van der Waals surface area contributed by atoms with Gasteiger partial charge in [-0.2, -0.15) is 18.8 Å². The van der Waals surface area contributed by atoms with Crippen molar-refractivity contribution >= 4 is 67.5 Å². The summed E-state index contributed by atoms with van der Waals surface area (Å²) < 4.78 is 32.8. The van der Waals surface area contributed by atoms with Crippen LogP contribution in [0.1, 0.15) is 5.56 Å². The molecule has 0 aliphatic rings. The summed E-state index contributed by atoms with van der Waals surface area (Å²) in [6.07, 6.45) is 0. The van der Waals surface area contributed by atoms with Crippen LogP contribution < -0.4 is 5.73 Å². The summed E-state index contributed by atoms with van der Waals surface area (Å²) >= 11 is 0. The van der Waals surface area contributed by atoms with Gasteiger partial charge < -0.3 is 5.73 Å². The van der Waals surface area contributed by atoms with E-state index in [2.05, 4.69) is 10.2 Å². The van der Waals surface area contributed by atoms with Crippen LogP contribution in [0.25, 0.3) is 10.8 Å². The SMILES string of the molecule is N#Cc1ccc(N=Nc2cc(S(=O)(=O)O)c3ccccc3c2N)cc1.[NaH]. The molecule has 0 bridgehead atoms. The summed E-state index contributed by atoms with van der Waals surface area (Å²) in [5, 5.41) is 17.5. The van der Waals surface area contributed by atoms with Crippen molar-refractivity contribution in [2.45, 2.75) is 4.90 Å². The van der Waals surface area contributed by atoms with Crippen LogP contribution in [0.3, 0.4) is 0 Å². The van der Waals surface area contributed by atoms with E-state index in [9.17, 15) is 13.0 Å². The molecule has 0 amide bonds. The Balaban J connectivity index is 0.00000243. The van der Waals surface area contributed by atoms with E-state index < -0.39 is 10.1 Å². The summed E-state index contributed by atoms with van der Waals surface area (Å²) in [5.74, 6) is 0. The van der Waals surface area contributed by atoms with Crippen molar-refractivity contribution in [3.8, 4) is 6.07 Å². The fourth-order valence-corrected chi connectivity index (χ4v) is 3.08. The van der Waals surface area contributed by atoms with Gasteiger partial charge in [0.15, 0.2) is 0 Å². The summed E-state index contributed by atoms with van der Waals surface area (Å²) in [4.78, 5) is -0.286. The molecule has 7 nitrogen and oxygen atoms in total. The van der Waals surface area contributed by atoms with Crippen LogP contribution in [-0.2, 0) is 10.1 Å². The normalized spacial score (nSPS) is 11.2. The van der Waals surface area contributed by atoms with Crippen LogP contribution in [0, 0.1) is 11.3 Å². The molecule has 0 fully saturated rings.